The molecule has 0 unspecified atom stereocenters. The normalized spacial score (nSPS) is 16.5. The van der Waals surface area contributed by atoms with Gasteiger partial charge in [-0.25, -0.2) is 4.68 Å². The molecule has 1 aliphatic heterocycles. The molecule has 2 heterocycles. The van der Waals surface area contributed by atoms with Crippen molar-refractivity contribution in [3.63, 3.8) is 0 Å². The maximum atomic E-state index is 5.87. The second-order valence-corrected chi connectivity index (χ2v) is 6.28. The quantitative estimate of drug-likeness (QED) is 0.802. The molecule has 4 rings (SSSR count). The van der Waals surface area contributed by atoms with Gasteiger partial charge in [-0.15, -0.1) is 0 Å². The van der Waals surface area contributed by atoms with Gasteiger partial charge in [-0.2, -0.15) is 5.10 Å². The molecule has 4 nitrogen and oxygen atoms in total. The average molecular weight is 319 g/mol. The molecule has 0 saturated heterocycles. The summed E-state index contributed by atoms with van der Waals surface area (Å²) < 4.78 is 7.79. The van der Waals surface area contributed by atoms with Gasteiger partial charge in [0.1, 0.15) is 12.4 Å². The fraction of sp³-hybridized carbons (Fsp3) is 0.250. The Hall–Kier alpha value is -2.59. The molecule has 24 heavy (non-hydrogen) atoms. The highest BCUT2D eigenvalue weighted by atomic mass is 16.5. The highest BCUT2D eigenvalue weighted by Gasteiger charge is 2.19. The van der Waals surface area contributed by atoms with Crippen molar-refractivity contribution in [2.24, 2.45) is 0 Å². The Labute approximate surface area is 142 Å². The smallest absolute Gasteiger partial charge is 0.122 e. The maximum Gasteiger partial charge on any atom is 0.122 e. The lowest BCUT2D eigenvalue weighted by molar-refractivity contribution is 0.238. The van der Waals surface area contributed by atoms with Gasteiger partial charge in [0.25, 0.3) is 0 Å². The van der Waals surface area contributed by atoms with Crippen LogP contribution in [-0.4, -0.2) is 22.4 Å². The van der Waals surface area contributed by atoms with Gasteiger partial charge < -0.3 is 10.1 Å². The molecule has 0 bridgehead atoms. The topological polar surface area (TPSA) is 39.1 Å². The fourth-order valence-electron chi connectivity index (χ4n) is 3.20. The molecule has 4 heteroatoms. The first-order valence-electron chi connectivity index (χ1n) is 8.33. The van der Waals surface area contributed by atoms with Gasteiger partial charge in [0, 0.05) is 25.0 Å². The zero-order chi connectivity index (χ0) is 16.4. The lowest BCUT2D eigenvalue weighted by Gasteiger charge is -2.26. The third kappa shape index (κ3) is 3.05. The van der Waals surface area contributed by atoms with E-state index in [9.17, 15) is 0 Å². The Balaban J connectivity index is 1.50. The second-order valence-electron chi connectivity index (χ2n) is 6.28. The van der Waals surface area contributed by atoms with Crippen LogP contribution in [0.3, 0.4) is 0 Å². The number of para-hydroxylation sites is 1. The largest absolute Gasteiger partial charge is 0.492 e. The molecule has 2 aromatic carbocycles. The van der Waals surface area contributed by atoms with Crippen LogP contribution in [0.2, 0.25) is 0 Å². The van der Waals surface area contributed by atoms with Crippen LogP contribution in [0.4, 0.5) is 0 Å². The predicted octanol–water partition coefficient (Wildman–Crippen LogP) is 3.27. The summed E-state index contributed by atoms with van der Waals surface area (Å²) in [5.41, 5.74) is 4.90. The second kappa shape index (κ2) is 6.49. The minimum Gasteiger partial charge on any atom is -0.492 e. The van der Waals surface area contributed by atoms with Crippen molar-refractivity contribution in [1.29, 1.82) is 0 Å². The number of rotatable bonds is 4. The van der Waals surface area contributed by atoms with Gasteiger partial charge in [0.2, 0.25) is 0 Å². The van der Waals surface area contributed by atoms with Crippen molar-refractivity contribution in [3.05, 3.63) is 77.6 Å². The molecule has 1 N–H and O–H groups in total. The molecule has 1 aromatic heterocycles. The maximum absolute atomic E-state index is 5.87. The number of benzene rings is 2. The van der Waals surface area contributed by atoms with Gasteiger partial charge in [-0.1, -0.05) is 35.9 Å². The van der Waals surface area contributed by atoms with Crippen molar-refractivity contribution in [1.82, 2.24) is 15.1 Å². The number of hydrogen-bond acceptors (Lipinski definition) is 3. The van der Waals surface area contributed by atoms with Crippen molar-refractivity contribution in [3.8, 4) is 11.4 Å². The van der Waals surface area contributed by atoms with Crippen molar-refractivity contribution < 1.29 is 4.74 Å². The zero-order valence-electron chi connectivity index (χ0n) is 13.8. The predicted molar refractivity (Wildman–Crippen MR) is 94.6 cm³/mol. The molecule has 0 amide bonds. The van der Waals surface area contributed by atoms with Gasteiger partial charge in [-0.3, -0.25) is 0 Å². The third-order valence-corrected chi connectivity index (χ3v) is 4.45. The van der Waals surface area contributed by atoms with Crippen LogP contribution in [0.25, 0.3) is 5.69 Å². The van der Waals surface area contributed by atoms with E-state index in [1.807, 2.05) is 35.3 Å². The summed E-state index contributed by atoms with van der Waals surface area (Å²) in [6.45, 7) is 3.63. The minimum absolute atomic E-state index is 0.325. The number of aryl methyl sites for hydroxylation is 1. The van der Waals surface area contributed by atoms with Crippen LogP contribution in [0.1, 0.15) is 16.7 Å². The molecule has 1 atom stereocenters. The molecule has 0 aliphatic carbocycles. The molecule has 122 valence electrons. The van der Waals surface area contributed by atoms with Gasteiger partial charge in [0.05, 0.1) is 5.69 Å². The zero-order valence-corrected chi connectivity index (χ0v) is 13.8. The minimum atomic E-state index is 0.325. The number of fused-ring (bicyclic) bond motifs is 1. The highest BCUT2D eigenvalue weighted by molar-refractivity contribution is 5.43. The van der Waals surface area contributed by atoms with Crippen LogP contribution in [-0.2, 0) is 13.0 Å². The molecular weight excluding hydrogens is 298 g/mol. The highest BCUT2D eigenvalue weighted by Crippen LogP contribution is 2.24. The summed E-state index contributed by atoms with van der Waals surface area (Å²) in [4.78, 5) is 0. The first-order valence-corrected chi connectivity index (χ1v) is 8.33. The SMILES string of the molecule is Cc1ccc(-n2cccn2)c(CN[C@@H]2COc3ccccc3C2)c1. The van der Waals surface area contributed by atoms with Crippen LogP contribution >= 0.6 is 0 Å². The lowest BCUT2D eigenvalue weighted by atomic mass is 10.0. The fourth-order valence-corrected chi connectivity index (χ4v) is 3.20. The van der Waals surface area contributed by atoms with Crippen molar-refractivity contribution >= 4 is 0 Å². The van der Waals surface area contributed by atoms with E-state index in [0.29, 0.717) is 12.6 Å². The summed E-state index contributed by atoms with van der Waals surface area (Å²) in [5.74, 6) is 1.02. The van der Waals surface area contributed by atoms with E-state index >= 15 is 0 Å². The number of ether oxygens (including phenoxy) is 1. The molecule has 0 spiro atoms. The van der Waals surface area contributed by atoms with E-state index in [-0.39, 0.29) is 0 Å². The van der Waals surface area contributed by atoms with Crippen LogP contribution < -0.4 is 10.1 Å². The first-order chi connectivity index (χ1) is 11.8. The van der Waals surface area contributed by atoms with Crippen LogP contribution in [0, 0.1) is 6.92 Å². The van der Waals surface area contributed by atoms with E-state index in [1.54, 1.807) is 0 Å². The van der Waals surface area contributed by atoms with E-state index in [2.05, 4.69) is 47.7 Å². The summed E-state index contributed by atoms with van der Waals surface area (Å²) in [5, 5.41) is 8.01. The molecule has 0 radical (unpaired) electrons. The third-order valence-electron chi connectivity index (χ3n) is 4.45. The monoisotopic (exact) mass is 319 g/mol. The molecular formula is C20H21N3O. The molecule has 1 aliphatic rings. The van der Waals surface area contributed by atoms with E-state index in [4.69, 9.17) is 4.74 Å². The number of nitrogens with zero attached hydrogens (tertiary/aromatic N) is 2. The number of nitrogens with one attached hydrogen (secondary N) is 1. The number of hydrogen-bond donors (Lipinski definition) is 1. The first kappa shape index (κ1) is 15.0. The average Bonchev–Trinajstić information content (AvgIpc) is 3.14. The Morgan fingerprint density at radius 1 is 1.21 bits per heavy atom. The van der Waals surface area contributed by atoms with Crippen molar-refractivity contribution in [2.45, 2.75) is 25.9 Å². The summed E-state index contributed by atoms with van der Waals surface area (Å²) in [7, 11) is 0. The molecule has 0 saturated carbocycles. The summed E-state index contributed by atoms with van der Waals surface area (Å²) in [6.07, 6.45) is 4.79. The van der Waals surface area contributed by atoms with Crippen molar-refractivity contribution in [2.75, 3.05) is 6.61 Å². The Bertz CT molecular complexity index is 827. The van der Waals surface area contributed by atoms with Crippen LogP contribution in [0.15, 0.2) is 60.9 Å². The molecule has 3 aromatic rings. The molecule has 0 fully saturated rings. The van der Waals surface area contributed by atoms with Gasteiger partial charge in [-0.05, 0) is 42.7 Å². The van der Waals surface area contributed by atoms with Gasteiger partial charge >= 0.3 is 0 Å². The number of aromatic nitrogens is 2. The van der Waals surface area contributed by atoms with E-state index < -0.39 is 0 Å². The summed E-state index contributed by atoms with van der Waals surface area (Å²) >= 11 is 0. The Kier molecular flexibility index (Phi) is 4.05. The Morgan fingerprint density at radius 3 is 3.00 bits per heavy atom. The lowest BCUT2D eigenvalue weighted by Crippen LogP contribution is -2.39. The Morgan fingerprint density at radius 2 is 2.12 bits per heavy atom. The standard InChI is InChI=1S/C20H21N3O/c1-15-7-8-19(23-10-4-9-22-23)17(11-15)13-21-18-12-16-5-2-3-6-20(16)24-14-18/h2-11,18,21H,12-14H2,1H3/t18-/m0/s1. The van der Waals surface area contributed by atoms with E-state index in [0.717, 1.165) is 24.4 Å². The van der Waals surface area contributed by atoms with Crippen LogP contribution in [0.5, 0.6) is 5.75 Å². The summed E-state index contributed by atoms with van der Waals surface area (Å²) in [6, 6.07) is 17.0. The van der Waals surface area contributed by atoms with Gasteiger partial charge in [0.15, 0.2) is 0 Å². The van der Waals surface area contributed by atoms with E-state index in [1.165, 1.54) is 16.7 Å².